The summed E-state index contributed by atoms with van der Waals surface area (Å²) >= 11 is 4.79. The number of rotatable bonds is 5. The summed E-state index contributed by atoms with van der Waals surface area (Å²) in [5, 5.41) is 0. The van der Waals surface area contributed by atoms with Crippen molar-refractivity contribution in [3.63, 3.8) is 0 Å². The van der Waals surface area contributed by atoms with E-state index >= 15 is 0 Å². The number of methoxy groups -OCH3 is 1. The van der Waals surface area contributed by atoms with Gasteiger partial charge in [-0.2, -0.15) is 0 Å². The third kappa shape index (κ3) is 3.62. The van der Waals surface area contributed by atoms with Crippen LogP contribution < -0.4 is 15.2 Å². The molecule has 0 radical (unpaired) electrons. The summed E-state index contributed by atoms with van der Waals surface area (Å²) in [5.74, 6) is 1.24. The maximum atomic E-state index is 5.50. The predicted molar refractivity (Wildman–Crippen MR) is 75.2 cm³/mol. The average Bonchev–Trinajstić information content (AvgIpc) is 2.46. The lowest BCUT2D eigenvalue weighted by molar-refractivity contribution is 0.292. The molecule has 2 N–H and O–H groups in total. The van der Waals surface area contributed by atoms with E-state index in [1.807, 2.05) is 24.3 Å². The Morgan fingerprint density at radius 1 is 1.21 bits per heavy atom. The number of aromatic nitrogens is 2. The molecule has 0 saturated carbocycles. The van der Waals surface area contributed by atoms with E-state index in [2.05, 4.69) is 9.97 Å². The summed E-state index contributed by atoms with van der Waals surface area (Å²) in [4.78, 5) is 8.33. The lowest BCUT2D eigenvalue weighted by Crippen LogP contribution is -2.12. The minimum absolute atomic E-state index is 0.217. The summed E-state index contributed by atoms with van der Waals surface area (Å²) in [6.45, 7) is 0.408. The molecular formula is C13H13N3O2S. The largest absolute Gasteiger partial charge is 0.497 e. The highest BCUT2D eigenvalue weighted by Crippen LogP contribution is 2.13. The van der Waals surface area contributed by atoms with Crippen LogP contribution in [0.1, 0.15) is 11.3 Å². The summed E-state index contributed by atoms with van der Waals surface area (Å²) in [6, 6.07) is 7.60. The molecule has 6 heteroatoms. The number of ether oxygens (including phenoxy) is 2. The van der Waals surface area contributed by atoms with Gasteiger partial charge in [0.15, 0.2) is 0 Å². The van der Waals surface area contributed by atoms with E-state index in [-0.39, 0.29) is 4.99 Å². The van der Waals surface area contributed by atoms with Gasteiger partial charge in [-0.3, -0.25) is 0 Å². The molecule has 1 heterocycles. The Labute approximate surface area is 116 Å². The molecule has 0 aliphatic carbocycles. The molecule has 2 aromatic rings. The zero-order valence-electron chi connectivity index (χ0n) is 10.4. The molecule has 0 atom stereocenters. The van der Waals surface area contributed by atoms with Crippen LogP contribution in [0.3, 0.4) is 0 Å². The number of benzene rings is 1. The van der Waals surface area contributed by atoms with Gasteiger partial charge in [0.2, 0.25) is 5.88 Å². The Hall–Kier alpha value is -2.21. The van der Waals surface area contributed by atoms with Gasteiger partial charge in [-0.15, -0.1) is 0 Å². The molecular weight excluding hydrogens is 262 g/mol. The highest BCUT2D eigenvalue weighted by atomic mass is 32.1. The summed E-state index contributed by atoms with van der Waals surface area (Å²) in [7, 11) is 1.63. The van der Waals surface area contributed by atoms with Gasteiger partial charge in [0, 0.05) is 0 Å². The fourth-order valence-corrected chi connectivity index (χ4v) is 1.50. The smallest absolute Gasteiger partial charge is 0.232 e. The fourth-order valence-electron chi connectivity index (χ4n) is 1.40. The molecule has 5 nitrogen and oxygen atoms in total. The van der Waals surface area contributed by atoms with Gasteiger partial charge in [-0.05, 0) is 17.7 Å². The van der Waals surface area contributed by atoms with Crippen LogP contribution in [0.2, 0.25) is 0 Å². The topological polar surface area (TPSA) is 70.3 Å². The molecule has 0 unspecified atom stereocenters. The first-order valence-electron chi connectivity index (χ1n) is 5.56. The molecule has 0 aliphatic rings. The Morgan fingerprint density at radius 3 is 2.47 bits per heavy atom. The highest BCUT2D eigenvalue weighted by molar-refractivity contribution is 7.80. The van der Waals surface area contributed by atoms with Crippen molar-refractivity contribution in [1.29, 1.82) is 0 Å². The number of nitrogens with zero attached hydrogens (tertiary/aromatic N) is 2. The van der Waals surface area contributed by atoms with Crippen molar-refractivity contribution in [2.24, 2.45) is 5.73 Å². The molecule has 1 aromatic heterocycles. The van der Waals surface area contributed by atoms with Crippen molar-refractivity contribution in [2.45, 2.75) is 6.61 Å². The van der Waals surface area contributed by atoms with Crippen molar-refractivity contribution >= 4 is 17.2 Å². The van der Waals surface area contributed by atoms with Gasteiger partial charge in [0.25, 0.3) is 0 Å². The molecule has 0 spiro atoms. The van der Waals surface area contributed by atoms with E-state index in [1.165, 1.54) is 12.4 Å². The van der Waals surface area contributed by atoms with Gasteiger partial charge in [0.1, 0.15) is 23.0 Å². The van der Waals surface area contributed by atoms with Crippen LogP contribution in [-0.2, 0) is 6.61 Å². The molecule has 19 heavy (non-hydrogen) atoms. The van der Waals surface area contributed by atoms with Gasteiger partial charge in [0.05, 0.1) is 19.5 Å². The minimum Gasteiger partial charge on any atom is -0.497 e. The normalized spacial score (nSPS) is 9.95. The molecule has 1 aromatic carbocycles. The summed E-state index contributed by atoms with van der Waals surface area (Å²) < 4.78 is 10.6. The molecule has 98 valence electrons. The fraction of sp³-hybridized carbons (Fsp3) is 0.154. The van der Waals surface area contributed by atoms with Crippen molar-refractivity contribution in [1.82, 2.24) is 9.97 Å². The molecule has 0 saturated heterocycles. The van der Waals surface area contributed by atoms with Crippen molar-refractivity contribution < 1.29 is 9.47 Å². The molecule has 0 amide bonds. The highest BCUT2D eigenvalue weighted by Gasteiger charge is 2.01. The first kappa shape index (κ1) is 13.2. The second kappa shape index (κ2) is 6.10. The zero-order chi connectivity index (χ0) is 13.7. The van der Waals surface area contributed by atoms with E-state index in [1.54, 1.807) is 7.11 Å². The monoisotopic (exact) mass is 275 g/mol. The number of hydrogen-bond acceptors (Lipinski definition) is 5. The maximum absolute atomic E-state index is 5.50. The summed E-state index contributed by atoms with van der Waals surface area (Å²) in [6.07, 6.45) is 2.99. The predicted octanol–water partition coefficient (Wildman–Crippen LogP) is 1.70. The second-order valence-corrected chi connectivity index (χ2v) is 4.18. The summed E-state index contributed by atoms with van der Waals surface area (Å²) in [5.41, 5.74) is 6.93. The van der Waals surface area contributed by atoms with E-state index in [0.717, 1.165) is 11.3 Å². The number of thiocarbonyl (C=S) groups is 1. The Kier molecular flexibility index (Phi) is 4.25. The van der Waals surface area contributed by atoms with E-state index < -0.39 is 0 Å². The number of nitrogens with two attached hydrogens (primary N) is 1. The third-order valence-electron chi connectivity index (χ3n) is 2.43. The van der Waals surface area contributed by atoms with Gasteiger partial charge in [-0.25, -0.2) is 9.97 Å². The third-order valence-corrected chi connectivity index (χ3v) is 2.64. The lowest BCUT2D eigenvalue weighted by Gasteiger charge is -2.06. The zero-order valence-corrected chi connectivity index (χ0v) is 11.2. The lowest BCUT2D eigenvalue weighted by atomic mass is 10.2. The minimum atomic E-state index is 0.217. The first-order valence-corrected chi connectivity index (χ1v) is 5.97. The second-order valence-electron chi connectivity index (χ2n) is 3.74. The van der Waals surface area contributed by atoms with Crippen LogP contribution >= 0.6 is 12.2 Å². The maximum Gasteiger partial charge on any atom is 0.232 e. The van der Waals surface area contributed by atoms with Gasteiger partial charge >= 0.3 is 0 Å². The van der Waals surface area contributed by atoms with E-state index in [0.29, 0.717) is 18.2 Å². The SMILES string of the molecule is COc1ccc(COc2cnc(C(N)=S)cn2)cc1. The average molecular weight is 275 g/mol. The Morgan fingerprint density at radius 2 is 1.95 bits per heavy atom. The van der Waals surface area contributed by atoms with E-state index in [4.69, 9.17) is 27.4 Å². The van der Waals surface area contributed by atoms with Crippen LogP contribution in [0.25, 0.3) is 0 Å². The van der Waals surface area contributed by atoms with Crippen LogP contribution in [-0.4, -0.2) is 22.1 Å². The first-order chi connectivity index (χ1) is 9.19. The van der Waals surface area contributed by atoms with Crippen LogP contribution in [0.4, 0.5) is 0 Å². The number of hydrogen-bond donors (Lipinski definition) is 1. The van der Waals surface area contributed by atoms with E-state index in [9.17, 15) is 0 Å². The van der Waals surface area contributed by atoms with Gasteiger partial charge in [-0.1, -0.05) is 24.4 Å². The van der Waals surface area contributed by atoms with Crippen LogP contribution in [0.15, 0.2) is 36.7 Å². The Bertz CT molecular complexity index is 555. The van der Waals surface area contributed by atoms with Crippen LogP contribution in [0.5, 0.6) is 11.6 Å². The van der Waals surface area contributed by atoms with Crippen molar-refractivity contribution in [3.05, 3.63) is 47.9 Å². The van der Waals surface area contributed by atoms with Crippen molar-refractivity contribution in [2.75, 3.05) is 7.11 Å². The molecule has 0 fully saturated rings. The Balaban J connectivity index is 1.95. The quantitative estimate of drug-likeness (QED) is 0.837. The molecule has 0 aliphatic heterocycles. The van der Waals surface area contributed by atoms with Gasteiger partial charge < -0.3 is 15.2 Å². The molecule has 0 bridgehead atoms. The molecule has 2 rings (SSSR count). The van der Waals surface area contributed by atoms with Crippen molar-refractivity contribution in [3.8, 4) is 11.6 Å². The van der Waals surface area contributed by atoms with Crippen LogP contribution in [0, 0.1) is 0 Å². The standard InChI is InChI=1S/C13H13N3O2S/c1-17-10-4-2-9(3-5-10)8-18-12-7-15-11(6-16-12)13(14)19/h2-7H,8H2,1H3,(H2,14,19).